The summed E-state index contributed by atoms with van der Waals surface area (Å²) in [7, 11) is 1.60. The van der Waals surface area contributed by atoms with E-state index in [2.05, 4.69) is 15.2 Å². The number of halogens is 1. The molecule has 0 saturated carbocycles. The van der Waals surface area contributed by atoms with Gasteiger partial charge in [-0.1, -0.05) is 11.3 Å². The minimum atomic E-state index is -0.382. The Kier molecular flexibility index (Phi) is 5.40. The molecule has 1 N–H and O–H groups in total. The summed E-state index contributed by atoms with van der Waals surface area (Å²) in [5.41, 5.74) is 2.14. The van der Waals surface area contributed by atoms with Crippen LogP contribution in [0, 0.1) is 5.82 Å². The first-order valence-corrected chi connectivity index (χ1v) is 9.84. The molecule has 1 saturated heterocycles. The summed E-state index contributed by atoms with van der Waals surface area (Å²) in [5.74, 6) is -0.0570. The summed E-state index contributed by atoms with van der Waals surface area (Å²) < 4.78 is 25.0. The van der Waals surface area contributed by atoms with Crippen LogP contribution in [-0.4, -0.2) is 44.3 Å². The van der Waals surface area contributed by atoms with Crippen LogP contribution in [0.5, 0.6) is 5.75 Å². The minimum Gasteiger partial charge on any atom is -0.494 e. The predicted octanol–water partition coefficient (Wildman–Crippen LogP) is 3.92. The molecule has 2 heterocycles. The van der Waals surface area contributed by atoms with Crippen molar-refractivity contribution in [1.29, 1.82) is 0 Å². The number of methoxy groups -OCH3 is 1. The Morgan fingerprint density at radius 2 is 2.04 bits per heavy atom. The van der Waals surface area contributed by atoms with Crippen LogP contribution in [0.2, 0.25) is 0 Å². The molecule has 1 amide bonds. The minimum absolute atomic E-state index is 0.331. The molecule has 0 radical (unpaired) electrons. The first-order valence-electron chi connectivity index (χ1n) is 9.03. The van der Waals surface area contributed by atoms with Crippen molar-refractivity contribution in [2.45, 2.75) is 6.42 Å². The van der Waals surface area contributed by atoms with Gasteiger partial charge in [-0.15, -0.1) is 0 Å². The lowest BCUT2D eigenvalue weighted by Crippen LogP contribution is -2.25. The Hall–Kier alpha value is -2.71. The number of rotatable bonds is 4. The maximum absolute atomic E-state index is 13.1. The number of ether oxygens (including phenoxy) is 2. The summed E-state index contributed by atoms with van der Waals surface area (Å²) in [5, 5.41) is 3.28. The molecule has 2 aromatic carbocycles. The van der Waals surface area contributed by atoms with E-state index in [1.165, 1.54) is 35.6 Å². The highest BCUT2D eigenvalue weighted by atomic mass is 32.1. The molecule has 8 heteroatoms. The Bertz CT molecular complexity index is 982. The fourth-order valence-electron chi connectivity index (χ4n) is 3.19. The van der Waals surface area contributed by atoms with Crippen LogP contribution in [0.3, 0.4) is 0 Å². The lowest BCUT2D eigenvalue weighted by atomic mass is 10.2. The lowest BCUT2D eigenvalue weighted by Gasteiger charge is -2.22. The molecular weight excluding hydrogens is 381 g/mol. The average Bonchev–Trinajstić information content (AvgIpc) is 2.94. The van der Waals surface area contributed by atoms with Crippen LogP contribution in [0.15, 0.2) is 36.4 Å². The third-order valence-corrected chi connectivity index (χ3v) is 5.59. The molecule has 0 bridgehead atoms. The van der Waals surface area contributed by atoms with E-state index < -0.39 is 0 Å². The van der Waals surface area contributed by atoms with Gasteiger partial charge in [-0.2, -0.15) is 0 Å². The van der Waals surface area contributed by atoms with Gasteiger partial charge in [0.2, 0.25) is 0 Å². The van der Waals surface area contributed by atoms with Gasteiger partial charge in [0.1, 0.15) is 17.1 Å². The largest absolute Gasteiger partial charge is 0.494 e. The van der Waals surface area contributed by atoms with Gasteiger partial charge in [0.25, 0.3) is 5.91 Å². The normalized spacial score (nSPS) is 14.7. The topological polar surface area (TPSA) is 63.7 Å². The Labute approximate surface area is 165 Å². The summed E-state index contributed by atoms with van der Waals surface area (Å²) in [6.07, 6.45) is 0.959. The molecule has 0 unspecified atom stereocenters. The van der Waals surface area contributed by atoms with Gasteiger partial charge in [-0.3, -0.25) is 10.1 Å². The van der Waals surface area contributed by atoms with Crippen molar-refractivity contribution >= 4 is 38.3 Å². The molecule has 3 aromatic rings. The van der Waals surface area contributed by atoms with Crippen molar-refractivity contribution in [3.63, 3.8) is 0 Å². The molecular formula is C20H20FN3O3S. The van der Waals surface area contributed by atoms with E-state index in [0.29, 0.717) is 28.6 Å². The van der Waals surface area contributed by atoms with Gasteiger partial charge in [0, 0.05) is 25.3 Å². The van der Waals surface area contributed by atoms with Crippen molar-refractivity contribution in [3.8, 4) is 5.75 Å². The van der Waals surface area contributed by atoms with E-state index in [0.717, 1.165) is 36.5 Å². The number of carbonyl (C=O) groups is 1. The van der Waals surface area contributed by atoms with Gasteiger partial charge < -0.3 is 14.4 Å². The van der Waals surface area contributed by atoms with E-state index in [9.17, 15) is 9.18 Å². The quantitative estimate of drug-likeness (QED) is 0.718. The number of hydrogen-bond donors (Lipinski definition) is 1. The summed E-state index contributed by atoms with van der Waals surface area (Å²) in [6, 6.07) is 9.33. The second-order valence-corrected chi connectivity index (χ2v) is 7.40. The fraction of sp³-hybridized carbons (Fsp3) is 0.300. The second-order valence-electron chi connectivity index (χ2n) is 6.40. The molecule has 1 aromatic heterocycles. The Balaban J connectivity index is 1.67. The fourth-order valence-corrected chi connectivity index (χ4v) is 4.21. The van der Waals surface area contributed by atoms with Crippen LogP contribution in [0.1, 0.15) is 16.8 Å². The molecule has 1 fully saturated rings. The maximum Gasteiger partial charge on any atom is 0.257 e. The number of hydrogen-bond acceptors (Lipinski definition) is 6. The number of thiazole rings is 1. The number of benzene rings is 2. The smallest absolute Gasteiger partial charge is 0.257 e. The number of nitrogens with zero attached hydrogens (tertiary/aromatic N) is 2. The molecule has 1 aliphatic rings. The van der Waals surface area contributed by atoms with Gasteiger partial charge in [-0.25, -0.2) is 9.37 Å². The first-order chi connectivity index (χ1) is 13.7. The molecule has 146 valence electrons. The average molecular weight is 401 g/mol. The van der Waals surface area contributed by atoms with Gasteiger partial charge in [-0.05, 0) is 42.8 Å². The van der Waals surface area contributed by atoms with Crippen molar-refractivity contribution in [2.24, 2.45) is 0 Å². The zero-order chi connectivity index (χ0) is 19.5. The van der Waals surface area contributed by atoms with Crippen molar-refractivity contribution in [1.82, 2.24) is 4.98 Å². The molecule has 6 nitrogen and oxygen atoms in total. The molecule has 0 aliphatic carbocycles. The van der Waals surface area contributed by atoms with Crippen molar-refractivity contribution in [2.75, 3.05) is 43.6 Å². The molecule has 4 rings (SSSR count). The van der Waals surface area contributed by atoms with Crippen LogP contribution in [0.4, 0.5) is 15.2 Å². The zero-order valence-electron chi connectivity index (χ0n) is 15.4. The third kappa shape index (κ3) is 3.79. The molecule has 1 aliphatic heterocycles. The highest BCUT2D eigenvalue weighted by molar-refractivity contribution is 7.23. The highest BCUT2D eigenvalue weighted by Crippen LogP contribution is 2.39. The van der Waals surface area contributed by atoms with Crippen LogP contribution < -0.4 is 15.0 Å². The van der Waals surface area contributed by atoms with Gasteiger partial charge in [0.05, 0.1) is 24.1 Å². The van der Waals surface area contributed by atoms with E-state index in [-0.39, 0.29) is 11.7 Å². The Morgan fingerprint density at radius 3 is 2.82 bits per heavy atom. The summed E-state index contributed by atoms with van der Waals surface area (Å²) in [6.45, 7) is 3.14. The summed E-state index contributed by atoms with van der Waals surface area (Å²) in [4.78, 5) is 19.3. The van der Waals surface area contributed by atoms with E-state index in [4.69, 9.17) is 9.47 Å². The third-order valence-electron chi connectivity index (χ3n) is 4.60. The molecule has 0 spiro atoms. The molecule has 28 heavy (non-hydrogen) atoms. The van der Waals surface area contributed by atoms with E-state index in [1.54, 1.807) is 7.11 Å². The number of anilines is 2. The number of carbonyl (C=O) groups excluding carboxylic acids is 1. The van der Waals surface area contributed by atoms with Crippen molar-refractivity contribution in [3.05, 3.63) is 47.8 Å². The van der Waals surface area contributed by atoms with Gasteiger partial charge in [0.15, 0.2) is 5.13 Å². The predicted molar refractivity (Wildman–Crippen MR) is 108 cm³/mol. The molecule has 0 atom stereocenters. The standard InChI is InChI=1S/C20H20FN3O3S/c1-26-16-8-7-15(24-9-2-11-27-12-10-24)18-17(16)22-20(28-18)23-19(25)13-3-5-14(21)6-4-13/h3-8H,2,9-12H2,1H3,(H,22,23,25). The number of fused-ring (bicyclic) bond motifs is 1. The van der Waals surface area contributed by atoms with E-state index in [1.807, 2.05) is 12.1 Å². The van der Waals surface area contributed by atoms with Crippen LogP contribution in [-0.2, 0) is 4.74 Å². The second kappa shape index (κ2) is 8.12. The maximum atomic E-state index is 13.1. The lowest BCUT2D eigenvalue weighted by molar-refractivity contribution is 0.102. The SMILES string of the molecule is COc1ccc(N2CCCOCC2)c2sc(NC(=O)c3ccc(F)cc3)nc12. The highest BCUT2D eigenvalue weighted by Gasteiger charge is 2.19. The van der Waals surface area contributed by atoms with Crippen LogP contribution in [0.25, 0.3) is 10.2 Å². The van der Waals surface area contributed by atoms with Crippen LogP contribution >= 0.6 is 11.3 Å². The monoisotopic (exact) mass is 401 g/mol. The number of amides is 1. The van der Waals surface area contributed by atoms with E-state index >= 15 is 0 Å². The van der Waals surface area contributed by atoms with Crippen molar-refractivity contribution < 1.29 is 18.7 Å². The number of aromatic nitrogens is 1. The first kappa shape index (κ1) is 18.6. The van der Waals surface area contributed by atoms with Gasteiger partial charge >= 0.3 is 0 Å². The zero-order valence-corrected chi connectivity index (χ0v) is 16.2. The summed E-state index contributed by atoms with van der Waals surface area (Å²) >= 11 is 1.40. The number of nitrogens with one attached hydrogen (secondary N) is 1. The Morgan fingerprint density at radius 1 is 1.21 bits per heavy atom.